The van der Waals surface area contributed by atoms with E-state index in [2.05, 4.69) is 36.9 Å². The van der Waals surface area contributed by atoms with Crippen molar-refractivity contribution in [2.75, 3.05) is 13.1 Å². The Labute approximate surface area is 150 Å². The largest absolute Gasteiger partial charge is 0.367 e. The third-order valence-corrected chi connectivity index (χ3v) is 5.03. The fourth-order valence-electron chi connectivity index (χ4n) is 3.05. The molecule has 4 heterocycles. The van der Waals surface area contributed by atoms with E-state index in [1.165, 1.54) is 5.56 Å². The van der Waals surface area contributed by atoms with Gasteiger partial charge in [-0.25, -0.2) is 0 Å². The lowest BCUT2D eigenvalue weighted by Crippen LogP contribution is -2.39. The van der Waals surface area contributed by atoms with Crippen LogP contribution in [0.4, 0.5) is 0 Å². The van der Waals surface area contributed by atoms with Crippen molar-refractivity contribution in [3.63, 3.8) is 0 Å². The van der Waals surface area contributed by atoms with Crippen LogP contribution in [0.2, 0.25) is 0 Å². The molecule has 1 atom stereocenters. The van der Waals surface area contributed by atoms with Crippen molar-refractivity contribution >= 4 is 11.3 Å². The fraction of sp³-hybridized carbons (Fsp3) is 0.389. The molecule has 1 aliphatic heterocycles. The van der Waals surface area contributed by atoms with Crippen LogP contribution < -0.4 is 0 Å². The van der Waals surface area contributed by atoms with Gasteiger partial charge in [0.05, 0.1) is 6.10 Å². The van der Waals surface area contributed by atoms with E-state index in [-0.39, 0.29) is 6.10 Å². The van der Waals surface area contributed by atoms with E-state index in [0.29, 0.717) is 18.3 Å². The van der Waals surface area contributed by atoms with Crippen LogP contribution in [0, 0.1) is 0 Å². The summed E-state index contributed by atoms with van der Waals surface area (Å²) >= 11 is 1.75. The summed E-state index contributed by atoms with van der Waals surface area (Å²) in [6.45, 7) is 3.43. The van der Waals surface area contributed by atoms with Gasteiger partial charge in [0.2, 0.25) is 5.82 Å². The summed E-state index contributed by atoms with van der Waals surface area (Å²) < 4.78 is 11.3. The molecule has 0 aliphatic carbocycles. The normalized spacial score (nSPS) is 18.5. The van der Waals surface area contributed by atoms with Crippen LogP contribution in [0.3, 0.4) is 0 Å². The standard InChI is InChI=1S/C18H20N4O2S/c1-2-16(11-22(8-1)10-14-5-9-25-13-14)23-12-17-20-18(21-24-17)15-3-6-19-7-4-15/h3-7,9,13,16H,1-2,8,10-12H2. The average Bonchev–Trinajstić information content (AvgIpc) is 3.33. The van der Waals surface area contributed by atoms with E-state index in [0.717, 1.165) is 38.0 Å². The first-order valence-electron chi connectivity index (χ1n) is 8.45. The first-order chi connectivity index (χ1) is 12.4. The fourth-order valence-corrected chi connectivity index (χ4v) is 3.71. The molecule has 1 saturated heterocycles. The van der Waals surface area contributed by atoms with Crippen LogP contribution in [-0.4, -0.2) is 39.2 Å². The van der Waals surface area contributed by atoms with Crippen LogP contribution in [-0.2, 0) is 17.9 Å². The molecule has 1 unspecified atom stereocenters. The number of aromatic nitrogens is 3. The number of hydrogen-bond donors (Lipinski definition) is 0. The molecule has 0 saturated carbocycles. The highest BCUT2D eigenvalue weighted by atomic mass is 32.1. The molecular formula is C18H20N4O2S. The van der Waals surface area contributed by atoms with Crippen LogP contribution in [0.1, 0.15) is 24.3 Å². The molecule has 1 fully saturated rings. The van der Waals surface area contributed by atoms with Gasteiger partial charge in [0.25, 0.3) is 5.89 Å². The summed E-state index contributed by atoms with van der Waals surface area (Å²) in [4.78, 5) is 10.8. The number of likely N-dealkylation sites (tertiary alicyclic amines) is 1. The number of rotatable bonds is 6. The van der Waals surface area contributed by atoms with Crippen molar-refractivity contribution in [2.24, 2.45) is 0 Å². The summed E-state index contributed by atoms with van der Waals surface area (Å²) in [6.07, 6.45) is 5.87. The zero-order chi connectivity index (χ0) is 16.9. The van der Waals surface area contributed by atoms with Crippen LogP contribution in [0.5, 0.6) is 0 Å². The third kappa shape index (κ3) is 4.31. The highest BCUT2D eigenvalue weighted by Gasteiger charge is 2.21. The Kier molecular flexibility index (Phi) is 5.15. The SMILES string of the molecule is c1cc(-c2noc(COC3CCCN(Cc4ccsc4)C3)n2)ccn1. The minimum atomic E-state index is 0.212. The summed E-state index contributed by atoms with van der Waals surface area (Å²) in [6, 6.07) is 5.91. The smallest absolute Gasteiger partial charge is 0.252 e. The molecule has 130 valence electrons. The Balaban J connectivity index is 1.30. The molecule has 6 nitrogen and oxygen atoms in total. The molecule has 0 radical (unpaired) electrons. The summed E-state index contributed by atoms with van der Waals surface area (Å²) in [5.41, 5.74) is 2.27. The van der Waals surface area contributed by atoms with Gasteiger partial charge in [0.1, 0.15) is 6.61 Å². The van der Waals surface area contributed by atoms with Crippen molar-refractivity contribution < 1.29 is 9.26 Å². The lowest BCUT2D eigenvalue weighted by atomic mass is 10.1. The second-order valence-electron chi connectivity index (χ2n) is 6.19. The van der Waals surface area contributed by atoms with Gasteiger partial charge in [-0.05, 0) is 53.9 Å². The molecule has 25 heavy (non-hydrogen) atoms. The Morgan fingerprint density at radius 2 is 2.20 bits per heavy atom. The van der Waals surface area contributed by atoms with Gasteiger partial charge in [0, 0.05) is 31.0 Å². The quantitative estimate of drug-likeness (QED) is 0.675. The average molecular weight is 356 g/mol. The molecular weight excluding hydrogens is 336 g/mol. The predicted octanol–water partition coefficient (Wildman–Crippen LogP) is 3.37. The van der Waals surface area contributed by atoms with Gasteiger partial charge in [-0.1, -0.05) is 5.16 Å². The molecule has 0 N–H and O–H groups in total. The monoisotopic (exact) mass is 356 g/mol. The summed E-state index contributed by atoms with van der Waals surface area (Å²) in [5, 5.41) is 8.35. The summed E-state index contributed by atoms with van der Waals surface area (Å²) in [5.74, 6) is 1.09. The lowest BCUT2D eigenvalue weighted by Gasteiger charge is -2.32. The Bertz CT molecular complexity index is 775. The number of pyridine rings is 1. The maximum Gasteiger partial charge on any atom is 0.252 e. The van der Waals surface area contributed by atoms with E-state index in [1.807, 2.05) is 12.1 Å². The van der Waals surface area contributed by atoms with E-state index in [1.54, 1.807) is 23.7 Å². The van der Waals surface area contributed by atoms with Crippen LogP contribution >= 0.6 is 11.3 Å². The molecule has 4 rings (SSSR count). The highest BCUT2D eigenvalue weighted by molar-refractivity contribution is 7.07. The molecule has 0 bridgehead atoms. The number of piperidine rings is 1. The summed E-state index contributed by atoms with van der Waals surface area (Å²) in [7, 11) is 0. The number of hydrogen-bond acceptors (Lipinski definition) is 7. The van der Waals surface area contributed by atoms with Crippen molar-refractivity contribution in [3.8, 4) is 11.4 Å². The van der Waals surface area contributed by atoms with Crippen molar-refractivity contribution in [3.05, 3.63) is 52.8 Å². The van der Waals surface area contributed by atoms with E-state index >= 15 is 0 Å². The highest BCUT2D eigenvalue weighted by Crippen LogP contribution is 2.19. The van der Waals surface area contributed by atoms with Crippen molar-refractivity contribution in [1.82, 2.24) is 20.0 Å². The number of nitrogens with zero attached hydrogens (tertiary/aromatic N) is 4. The second-order valence-corrected chi connectivity index (χ2v) is 6.97. The first-order valence-corrected chi connectivity index (χ1v) is 9.39. The number of thiophene rings is 1. The van der Waals surface area contributed by atoms with Crippen LogP contribution in [0.25, 0.3) is 11.4 Å². The third-order valence-electron chi connectivity index (χ3n) is 4.30. The molecule has 0 amide bonds. The van der Waals surface area contributed by atoms with E-state index < -0.39 is 0 Å². The van der Waals surface area contributed by atoms with Crippen molar-refractivity contribution in [2.45, 2.75) is 32.1 Å². The first kappa shape index (κ1) is 16.4. The predicted molar refractivity (Wildman–Crippen MR) is 94.9 cm³/mol. The second kappa shape index (κ2) is 7.86. The maximum absolute atomic E-state index is 6.02. The molecule has 1 aliphatic rings. The van der Waals surface area contributed by atoms with Crippen LogP contribution in [0.15, 0.2) is 45.9 Å². The van der Waals surface area contributed by atoms with Gasteiger partial charge < -0.3 is 9.26 Å². The molecule has 0 aromatic carbocycles. The topological polar surface area (TPSA) is 64.3 Å². The zero-order valence-corrected chi connectivity index (χ0v) is 14.7. The van der Waals surface area contributed by atoms with Gasteiger partial charge in [-0.15, -0.1) is 0 Å². The zero-order valence-electron chi connectivity index (χ0n) is 13.9. The lowest BCUT2D eigenvalue weighted by molar-refractivity contribution is -0.0210. The molecule has 0 spiro atoms. The Morgan fingerprint density at radius 3 is 3.04 bits per heavy atom. The van der Waals surface area contributed by atoms with Crippen molar-refractivity contribution in [1.29, 1.82) is 0 Å². The number of ether oxygens (including phenoxy) is 1. The van der Waals surface area contributed by atoms with E-state index in [4.69, 9.17) is 9.26 Å². The van der Waals surface area contributed by atoms with Gasteiger partial charge >= 0.3 is 0 Å². The molecule has 3 aromatic rings. The van der Waals surface area contributed by atoms with Gasteiger partial charge in [-0.3, -0.25) is 9.88 Å². The van der Waals surface area contributed by atoms with Gasteiger partial charge in [-0.2, -0.15) is 16.3 Å². The Morgan fingerprint density at radius 1 is 1.28 bits per heavy atom. The Hall–Kier alpha value is -2.09. The maximum atomic E-state index is 6.02. The van der Waals surface area contributed by atoms with E-state index in [9.17, 15) is 0 Å². The van der Waals surface area contributed by atoms with Gasteiger partial charge in [0.15, 0.2) is 0 Å². The molecule has 7 heteroatoms. The minimum absolute atomic E-state index is 0.212. The molecule has 3 aromatic heterocycles. The minimum Gasteiger partial charge on any atom is -0.367 e.